The number of rotatable bonds is 3. The van der Waals surface area contributed by atoms with Crippen molar-refractivity contribution in [2.75, 3.05) is 5.75 Å². The second kappa shape index (κ2) is 5.24. The Bertz CT molecular complexity index is 492. The molecule has 3 rings (SSSR count). The first-order chi connectivity index (χ1) is 9.24. The summed E-state index contributed by atoms with van der Waals surface area (Å²) >= 11 is 1.62. The molecule has 102 valence electrons. The monoisotopic (exact) mass is 281 g/mol. The first-order valence-electron chi connectivity index (χ1n) is 6.42. The Morgan fingerprint density at radius 3 is 2.84 bits per heavy atom. The van der Waals surface area contributed by atoms with Gasteiger partial charge < -0.3 is 4.52 Å². The van der Waals surface area contributed by atoms with Crippen molar-refractivity contribution in [3.8, 4) is 0 Å². The predicted octanol–water partition coefficient (Wildman–Crippen LogP) is 1.21. The minimum atomic E-state index is -0.462. The molecule has 2 aliphatic rings. The van der Waals surface area contributed by atoms with Crippen LogP contribution in [0.15, 0.2) is 10.6 Å². The van der Waals surface area contributed by atoms with Gasteiger partial charge in [0, 0.05) is 12.0 Å². The van der Waals surface area contributed by atoms with Gasteiger partial charge in [-0.3, -0.25) is 20.4 Å². The van der Waals surface area contributed by atoms with E-state index in [1.54, 1.807) is 17.8 Å². The van der Waals surface area contributed by atoms with E-state index < -0.39 is 5.91 Å². The van der Waals surface area contributed by atoms with Crippen LogP contribution in [0.4, 0.5) is 0 Å². The van der Waals surface area contributed by atoms with Crippen LogP contribution in [0, 0.1) is 0 Å². The molecule has 0 spiro atoms. The van der Waals surface area contributed by atoms with Crippen molar-refractivity contribution in [3.05, 3.63) is 17.5 Å². The Hall–Kier alpha value is -1.50. The maximum Gasteiger partial charge on any atom is 0.308 e. The third-order valence-corrected chi connectivity index (χ3v) is 4.65. The Balaban J connectivity index is 1.50. The normalized spacial score (nSPS) is 22.2. The average molecular weight is 281 g/mol. The molecular formula is C12H15N3O3S. The second-order valence-corrected chi connectivity index (χ2v) is 6.15. The Kier molecular flexibility index (Phi) is 3.46. The van der Waals surface area contributed by atoms with Crippen LogP contribution in [0.2, 0.25) is 0 Å². The van der Waals surface area contributed by atoms with Gasteiger partial charge in [-0.25, -0.2) is 0 Å². The van der Waals surface area contributed by atoms with Crippen LogP contribution in [-0.4, -0.2) is 28.0 Å². The molecule has 0 aromatic carbocycles. The molecule has 1 aliphatic heterocycles. The molecule has 2 heterocycles. The van der Waals surface area contributed by atoms with E-state index in [0.717, 1.165) is 37.1 Å². The number of hydrazine groups is 1. The number of thioether (sulfide) groups is 1. The lowest BCUT2D eigenvalue weighted by Crippen LogP contribution is -2.45. The van der Waals surface area contributed by atoms with Gasteiger partial charge in [0.05, 0.1) is 10.9 Å². The van der Waals surface area contributed by atoms with E-state index in [0.29, 0.717) is 5.92 Å². The summed E-state index contributed by atoms with van der Waals surface area (Å²) < 4.78 is 4.97. The van der Waals surface area contributed by atoms with Crippen molar-refractivity contribution >= 4 is 23.6 Å². The Morgan fingerprint density at radius 2 is 2.16 bits per heavy atom. The van der Waals surface area contributed by atoms with E-state index >= 15 is 0 Å². The number of aromatic nitrogens is 1. The number of hydrogen-bond donors (Lipinski definition) is 2. The molecule has 7 heteroatoms. The molecular weight excluding hydrogens is 266 g/mol. The zero-order valence-electron chi connectivity index (χ0n) is 10.3. The molecule has 1 aromatic heterocycles. The number of hydrogen-bond acceptors (Lipinski definition) is 5. The highest BCUT2D eigenvalue weighted by atomic mass is 32.2. The topological polar surface area (TPSA) is 84.2 Å². The van der Waals surface area contributed by atoms with E-state index in [-0.39, 0.29) is 16.9 Å². The molecule has 1 aliphatic carbocycles. The summed E-state index contributed by atoms with van der Waals surface area (Å²) in [6.07, 6.45) is 4.11. The van der Waals surface area contributed by atoms with Crippen LogP contribution in [0.25, 0.3) is 0 Å². The fraction of sp³-hybridized carbons (Fsp3) is 0.583. The lowest BCUT2D eigenvalue weighted by Gasteiger charge is -2.09. The molecule has 1 saturated heterocycles. The van der Waals surface area contributed by atoms with Gasteiger partial charge in [0.2, 0.25) is 5.76 Å². The van der Waals surface area contributed by atoms with E-state index in [1.165, 1.54) is 0 Å². The van der Waals surface area contributed by atoms with Crippen molar-refractivity contribution in [1.29, 1.82) is 0 Å². The van der Waals surface area contributed by atoms with Gasteiger partial charge in [0.25, 0.3) is 5.91 Å². The number of nitrogens with zero attached hydrogens (tertiary/aromatic N) is 1. The van der Waals surface area contributed by atoms with Crippen molar-refractivity contribution in [2.45, 2.75) is 36.9 Å². The van der Waals surface area contributed by atoms with Crippen molar-refractivity contribution in [2.24, 2.45) is 0 Å². The highest BCUT2D eigenvalue weighted by Crippen LogP contribution is 2.39. The fourth-order valence-corrected chi connectivity index (χ4v) is 3.17. The molecule has 1 aromatic rings. The average Bonchev–Trinajstić information content (AvgIpc) is 2.96. The van der Waals surface area contributed by atoms with Gasteiger partial charge in [-0.2, -0.15) is 0 Å². The van der Waals surface area contributed by atoms with Gasteiger partial charge >= 0.3 is 5.91 Å². The maximum absolute atomic E-state index is 11.8. The van der Waals surface area contributed by atoms with Gasteiger partial charge in [-0.05, 0) is 31.4 Å². The third-order valence-electron chi connectivity index (χ3n) is 3.27. The minimum Gasteiger partial charge on any atom is -0.351 e. The summed E-state index contributed by atoms with van der Waals surface area (Å²) in [4.78, 5) is 23.5. The first-order valence-corrected chi connectivity index (χ1v) is 7.47. The second-order valence-electron chi connectivity index (χ2n) is 4.84. The van der Waals surface area contributed by atoms with Gasteiger partial charge in [0.1, 0.15) is 0 Å². The standard InChI is InChI=1S/C12H15N3O3S/c16-11(9-6-8(15-18-9)7-3-4-7)13-14-12(17)10-2-1-5-19-10/h6-7,10H,1-5H2,(H,13,16)(H,14,17). The highest BCUT2D eigenvalue weighted by molar-refractivity contribution is 8.00. The molecule has 0 bridgehead atoms. The lowest BCUT2D eigenvalue weighted by molar-refractivity contribution is -0.121. The Morgan fingerprint density at radius 1 is 1.32 bits per heavy atom. The molecule has 1 unspecified atom stereocenters. The van der Waals surface area contributed by atoms with Gasteiger partial charge in [-0.15, -0.1) is 11.8 Å². The van der Waals surface area contributed by atoms with Crippen LogP contribution in [0.3, 0.4) is 0 Å². The molecule has 1 atom stereocenters. The number of amides is 2. The summed E-state index contributed by atoms with van der Waals surface area (Å²) in [5, 5.41) is 3.79. The van der Waals surface area contributed by atoms with Crippen LogP contribution < -0.4 is 10.9 Å². The fourth-order valence-electron chi connectivity index (χ4n) is 2.01. The smallest absolute Gasteiger partial charge is 0.308 e. The van der Waals surface area contributed by atoms with Crippen LogP contribution in [0.5, 0.6) is 0 Å². The Labute approximate surface area is 114 Å². The van der Waals surface area contributed by atoms with E-state index in [4.69, 9.17) is 4.52 Å². The van der Waals surface area contributed by atoms with Crippen molar-refractivity contribution < 1.29 is 14.1 Å². The summed E-state index contributed by atoms with van der Waals surface area (Å²) in [5.74, 6) is 0.961. The summed E-state index contributed by atoms with van der Waals surface area (Å²) in [7, 11) is 0. The zero-order chi connectivity index (χ0) is 13.2. The molecule has 1 saturated carbocycles. The largest absolute Gasteiger partial charge is 0.351 e. The van der Waals surface area contributed by atoms with Crippen LogP contribution in [-0.2, 0) is 4.79 Å². The minimum absolute atomic E-state index is 0.0583. The SMILES string of the molecule is O=C(NNC(=O)C1CCCS1)c1cc(C2CC2)no1. The quantitative estimate of drug-likeness (QED) is 0.814. The maximum atomic E-state index is 11.8. The first kappa shape index (κ1) is 12.5. The number of nitrogens with one attached hydrogen (secondary N) is 2. The lowest BCUT2D eigenvalue weighted by atomic mass is 10.2. The molecule has 6 nitrogen and oxygen atoms in total. The van der Waals surface area contributed by atoms with Crippen molar-refractivity contribution in [3.63, 3.8) is 0 Å². The predicted molar refractivity (Wildman–Crippen MR) is 69.6 cm³/mol. The summed E-state index contributed by atoms with van der Waals surface area (Å²) in [6, 6.07) is 1.64. The number of carbonyl (C=O) groups is 2. The summed E-state index contributed by atoms with van der Waals surface area (Å²) in [6.45, 7) is 0. The molecule has 2 amide bonds. The van der Waals surface area contributed by atoms with E-state index in [1.807, 2.05) is 0 Å². The van der Waals surface area contributed by atoms with Gasteiger partial charge in [-0.1, -0.05) is 5.16 Å². The summed E-state index contributed by atoms with van der Waals surface area (Å²) in [5.41, 5.74) is 5.61. The highest BCUT2D eigenvalue weighted by Gasteiger charge is 2.28. The zero-order valence-corrected chi connectivity index (χ0v) is 11.2. The molecule has 19 heavy (non-hydrogen) atoms. The van der Waals surface area contributed by atoms with E-state index in [9.17, 15) is 9.59 Å². The van der Waals surface area contributed by atoms with Crippen LogP contribution >= 0.6 is 11.8 Å². The third kappa shape index (κ3) is 2.91. The molecule has 2 fully saturated rings. The van der Waals surface area contributed by atoms with Crippen molar-refractivity contribution in [1.82, 2.24) is 16.0 Å². The number of carbonyl (C=O) groups excluding carboxylic acids is 2. The molecule has 2 N–H and O–H groups in total. The van der Waals surface area contributed by atoms with Gasteiger partial charge in [0.15, 0.2) is 0 Å². The van der Waals surface area contributed by atoms with Crippen LogP contribution in [0.1, 0.15) is 47.8 Å². The molecule has 0 radical (unpaired) electrons. The van der Waals surface area contributed by atoms with E-state index in [2.05, 4.69) is 16.0 Å².